The van der Waals surface area contributed by atoms with Crippen LogP contribution in [-0.2, 0) is 0 Å². The van der Waals surface area contributed by atoms with Gasteiger partial charge in [-0.05, 0) is 48.5 Å². The fraction of sp³-hybridized carbons (Fsp3) is 0. The third kappa shape index (κ3) is 4.88. The second kappa shape index (κ2) is 10.6. The van der Waals surface area contributed by atoms with Crippen LogP contribution in [0.2, 0.25) is 20.1 Å². The standard InChI is InChI=1S/C24H16BCl4.K/c26-21-9-1-17(2-10-21)25(18-3-11-22(27)12-4-18,19-5-13-23(28)14-6-19)20-7-15-24(29)16-8-20;/h1-16H;/q-1;+1. The Labute approximate surface area is 239 Å². The van der Waals surface area contributed by atoms with Crippen LogP contribution in [0, 0.1) is 0 Å². The normalized spacial score (nSPS) is 11.1. The number of hydrogen-bond acceptors (Lipinski definition) is 0. The summed E-state index contributed by atoms with van der Waals surface area (Å²) in [7, 11) is 0. The molecule has 0 bridgehead atoms. The first-order chi connectivity index (χ1) is 14.0. The van der Waals surface area contributed by atoms with Crippen LogP contribution < -0.4 is 73.2 Å². The molecule has 0 aliphatic heterocycles. The van der Waals surface area contributed by atoms with Gasteiger partial charge >= 0.3 is 51.4 Å². The van der Waals surface area contributed by atoms with Crippen LogP contribution in [0.5, 0.6) is 0 Å². The van der Waals surface area contributed by atoms with Crippen molar-refractivity contribution in [1.82, 2.24) is 0 Å². The largest absolute Gasteiger partial charge is 1.00 e. The molecular weight excluding hydrogens is 480 g/mol. The summed E-state index contributed by atoms with van der Waals surface area (Å²) in [6.07, 6.45) is -1.51. The number of benzene rings is 4. The molecule has 0 saturated carbocycles. The smallest absolute Gasteiger partial charge is 0.195 e. The van der Waals surface area contributed by atoms with E-state index in [-0.39, 0.29) is 51.4 Å². The van der Waals surface area contributed by atoms with Crippen LogP contribution in [0.1, 0.15) is 0 Å². The molecule has 6 heteroatoms. The summed E-state index contributed by atoms with van der Waals surface area (Å²) < 4.78 is 0. The Kier molecular flexibility index (Phi) is 8.59. The fourth-order valence-electron chi connectivity index (χ4n) is 4.16. The van der Waals surface area contributed by atoms with Crippen molar-refractivity contribution in [3.05, 3.63) is 117 Å². The molecule has 0 atom stereocenters. The quantitative estimate of drug-likeness (QED) is 0.382. The molecule has 0 saturated heterocycles. The maximum Gasteiger partial charge on any atom is 1.00 e. The Balaban J connectivity index is 0.00000256. The minimum Gasteiger partial charge on any atom is -0.195 e. The Bertz CT molecular complexity index is 922. The van der Waals surface area contributed by atoms with Gasteiger partial charge < -0.3 is 0 Å². The molecule has 144 valence electrons. The first kappa shape index (κ1) is 24.4. The SMILES string of the molecule is Clc1ccc([B-](c2ccc(Cl)cc2)(c2ccc(Cl)cc2)c2ccc(Cl)cc2)cc1.[K+]. The average molecular weight is 496 g/mol. The molecule has 0 aliphatic rings. The molecule has 4 rings (SSSR count). The van der Waals surface area contributed by atoms with Gasteiger partial charge in [0, 0.05) is 20.1 Å². The third-order valence-corrected chi connectivity index (χ3v) is 6.49. The van der Waals surface area contributed by atoms with Crippen molar-refractivity contribution >= 4 is 74.4 Å². The molecule has 0 amide bonds. The molecule has 0 nitrogen and oxygen atoms in total. The molecular formula is C24H16BCl4K. The molecule has 0 heterocycles. The predicted molar refractivity (Wildman–Crippen MR) is 130 cm³/mol. The second-order valence-corrected chi connectivity index (χ2v) is 8.82. The van der Waals surface area contributed by atoms with Crippen molar-refractivity contribution < 1.29 is 51.4 Å². The fourth-order valence-corrected chi connectivity index (χ4v) is 4.66. The van der Waals surface area contributed by atoms with E-state index in [9.17, 15) is 0 Å². The molecule has 0 spiro atoms. The summed E-state index contributed by atoms with van der Waals surface area (Å²) in [5, 5.41) is 2.78. The van der Waals surface area contributed by atoms with Crippen LogP contribution in [0.3, 0.4) is 0 Å². The molecule has 0 fully saturated rings. The van der Waals surface area contributed by atoms with E-state index in [1.807, 2.05) is 48.5 Å². The predicted octanol–water partition coefficient (Wildman–Crippen LogP) is 2.68. The first-order valence-electron chi connectivity index (χ1n) is 9.20. The molecule has 4 aromatic rings. The van der Waals surface area contributed by atoms with E-state index < -0.39 is 6.15 Å². The van der Waals surface area contributed by atoms with Gasteiger partial charge in [0.2, 0.25) is 0 Å². The van der Waals surface area contributed by atoms with E-state index in [0.717, 1.165) is 21.9 Å². The van der Waals surface area contributed by atoms with Crippen molar-refractivity contribution in [2.24, 2.45) is 0 Å². The Morgan fingerprint density at radius 2 is 0.500 bits per heavy atom. The maximum absolute atomic E-state index is 6.22. The molecule has 30 heavy (non-hydrogen) atoms. The summed E-state index contributed by atoms with van der Waals surface area (Å²) >= 11 is 24.9. The summed E-state index contributed by atoms with van der Waals surface area (Å²) in [4.78, 5) is 0. The molecule has 0 radical (unpaired) electrons. The first-order valence-corrected chi connectivity index (χ1v) is 10.7. The molecule has 0 N–H and O–H groups in total. The minimum atomic E-state index is -1.51. The minimum absolute atomic E-state index is 0. The summed E-state index contributed by atoms with van der Waals surface area (Å²) in [5.41, 5.74) is 4.56. The zero-order valence-electron chi connectivity index (χ0n) is 16.3. The molecule has 0 unspecified atom stereocenters. The van der Waals surface area contributed by atoms with Crippen LogP contribution in [-0.4, -0.2) is 6.15 Å². The van der Waals surface area contributed by atoms with Crippen LogP contribution in [0.15, 0.2) is 97.1 Å². The van der Waals surface area contributed by atoms with Gasteiger partial charge in [0.1, 0.15) is 6.15 Å². The van der Waals surface area contributed by atoms with E-state index in [1.54, 1.807) is 0 Å². The van der Waals surface area contributed by atoms with E-state index in [1.165, 1.54) is 0 Å². The monoisotopic (exact) mass is 494 g/mol. The van der Waals surface area contributed by atoms with Gasteiger partial charge in [-0.15, -0.1) is 0 Å². The van der Waals surface area contributed by atoms with Gasteiger partial charge in [0.05, 0.1) is 0 Å². The zero-order valence-corrected chi connectivity index (χ0v) is 22.5. The van der Waals surface area contributed by atoms with Gasteiger partial charge in [0.25, 0.3) is 0 Å². The topological polar surface area (TPSA) is 0 Å². The van der Waals surface area contributed by atoms with E-state index in [0.29, 0.717) is 20.1 Å². The van der Waals surface area contributed by atoms with Gasteiger partial charge in [-0.2, -0.15) is 21.9 Å². The summed E-state index contributed by atoms with van der Waals surface area (Å²) in [6, 6.07) is 32.1. The van der Waals surface area contributed by atoms with Crippen molar-refractivity contribution in [2.45, 2.75) is 0 Å². The summed E-state index contributed by atoms with van der Waals surface area (Å²) in [6.45, 7) is 0. The number of rotatable bonds is 4. The van der Waals surface area contributed by atoms with Crippen molar-refractivity contribution in [3.8, 4) is 0 Å². The summed E-state index contributed by atoms with van der Waals surface area (Å²) in [5.74, 6) is 0. The Morgan fingerprint density at radius 1 is 0.333 bits per heavy atom. The van der Waals surface area contributed by atoms with Crippen LogP contribution in [0.4, 0.5) is 0 Å². The van der Waals surface area contributed by atoms with Crippen molar-refractivity contribution in [2.75, 3.05) is 0 Å². The number of hydrogen-bond donors (Lipinski definition) is 0. The van der Waals surface area contributed by atoms with Gasteiger partial charge in [-0.25, -0.2) is 0 Å². The van der Waals surface area contributed by atoms with Gasteiger partial charge in [0.15, 0.2) is 0 Å². The van der Waals surface area contributed by atoms with Crippen molar-refractivity contribution in [3.63, 3.8) is 0 Å². The Morgan fingerprint density at radius 3 is 0.667 bits per heavy atom. The zero-order chi connectivity index (χ0) is 20.4. The van der Waals surface area contributed by atoms with Crippen LogP contribution >= 0.6 is 46.4 Å². The molecule has 4 aromatic carbocycles. The van der Waals surface area contributed by atoms with Crippen LogP contribution in [0.25, 0.3) is 0 Å². The van der Waals surface area contributed by atoms with E-state index in [2.05, 4.69) is 48.5 Å². The van der Waals surface area contributed by atoms with Gasteiger partial charge in [-0.3, -0.25) is 0 Å². The maximum atomic E-state index is 6.22. The average Bonchev–Trinajstić information content (AvgIpc) is 2.73. The second-order valence-electron chi connectivity index (χ2n) is 7.07. The van der Waals surface area contributed by atoms with Crippen molar-refractivity contribution in [1.29, 1.82) is 0 Å². The number of halogens is 4. The molecule has 0 aromatic heterocycles. The Hall–Kier alpha value is -0.259. The third-order valence-electron chi connectivity index (χ3n) is 5.48. The van der Waals surface area contributed by atoms with E-state index in [4.69, 9.17) is 46.4 Å². The molecule has 0 aliphatic carbocycles. The van der Waals surface area contributed by atoms with E-state index >= 15 is 0 Å². The van der Waals surface area contributed by atoms with Gasteiger partial charge in [-0.1, -0.05) is 94.9 Å².